The number of halogens is 1. The SMILES string of the molecule is CC(C)OCCOc1nc(Cl)nc(N2CCCCC2)n1. The molecule has 0 radical (unpaired) electrons. The fourth-order valence-corrected chi connectivity index (χ4v) is 2.19. The number of piperidine rings is 1. The summed E-state index contributed by atoms with van der Waals surface area (Å²) in [4.78, 5) is 14.6. The van der Waals surface area contributed by atoms with Crippen LogP contribution in [0, 0.1) is 0 Å². The van der Waals surface area contributed by atoms with Crippen LogP contribution in [0.15, 0.2) is 0 Å². The number of ether oxygens (including phenoxy) is 2. The lowest BCUT2D eigenvalue weighted by atomic mass is 10.1. The zero-order valence-corrected chi connectivity index (χ0v) is 12.8. The number of aromatic nitrogens is 3. The topological polar surface area (TPSA) is 60.4 Å². The molecule has 1 saturated heterocycles. The summed E-state index contributed by atoms with van der Waals surface area (Å²) in [7, 11) is 0. The summed E-state index contributed by atoms with van der Waals surface area (Å²) in [6.07, 6.45) is 3.75. The van der Waals surface area contributed by atoms with Gasteiger partial charge in [-0.1, -0.05) is 0 Å². The maximum Gasteiger partial charge on any atom is 0.322 e. The first-order valence-corrected chi connectivity index (χ1v) is 7.44. The van der Waals surface area contributed by atoms with Crippen molar-refractivity contribution in [1.29, 1.82) is 0 Å². The summed E-state index contributed by atoms with van der Waals surface area (Å²) >= 11 is 5.93. The van der Waals surface area contributed by atoms with Gasteiger partial charge in [-0.3, -0.25) is 0 Å². The van der Waals surface area contributed by atoms with Crippen LogP contribution < -0.4 is 9.64 Å². The van der Waals surface area contributed by atoms with Crippen LogP contribution in [0.25, 0.3) is 0 Å². The van der Waals surface area contributed by atoms with Gasteiger partial charge in [-0.05, 0) is 44.7 Å². The molecule has 0 aliphatic carbocycles. The maximum absolute atomic E-state index is 5.93. The minimum atomic E-state index is 0.167. The normalized spacial score (nSPS) is 15.7. The first kappa shape index (κ1) is 15.3. The van der Waals surface area contributed by atoms with Gasteiger partial charge >= 0.3 is 6.01 Å². The molecule has 0 atom stereocenters. The zero-order valence-electron chi connectivity index (χ0n) is 12.0. The van der Waals surface area contributed by atoms with Crippen molar-refractivity contribution in [1.82, 2.24) is 15.0 Å². The van der Waals surface area contributed by atoms with E-state index in [2.05, 4.69) is 19.9 Å². The largest absolute Gasteiger partial charge is 0.461 e. The average Bonchev–Trinajstić information content (AvgIpc) is 2.44. The van der Waals surface area contributed by atoms with Gasteiger partial charge in [0.1, 0.15) is 6.61 Å². The van der Waals surface area contributed by atoms with Crippen molar-refractivity contribution < 1.29 is 9.47 Å². The molecule has 0 unspecified atom stereocenters. The highest BCUT2D eigenvalue weighted by Crippen LogP contribution is 2.19. The smallest absolute Gasteiger partial charge is 0.322 e. The summed E-state index contributed by atoms with van der Waals surface area (Å²) in [6, 6.07) is 0.262. The van der Waals surface area contributed by atoms with Gasteiger partial charge in [0.25, 0.3) is 0 Å². The minimum Gasteiger partial charge on any atom is -0.461 e. The highest BCUT2D eigenvalue weighted by atomic mass is 35.5. The van der Waals surface area contributed by atoms with Gasteiger partial charge in [-0.15, -0.1) is 0 Å². The van der Waals surface area contributed by atoms with Crippen LogP contribution in [-0.2, 0) is 4.74 Å². The van der Waals surface area contributed by atoms with Crippen molar-refractivity contribution in [3.63, 3.8) is 0 Å². The van der Waals surface area contributed by atoms with Crippen LogP contribution in [-0.4, -0.2) is 47.4 Å². The van der Waals surface area contributed by atoms with Gasteiger partial charge < -0.3 is 14.4 Å². The molecule has 1 fully saturated rings. The molecule has 0 aromatic carbocycles. The molecule has 1 aliphatic rings. The lowest BCUT2D eigenvalue weighted by Gasteiger charge is -2.26. The van der Waals surface area contributed by atoms with E-state index in [1.165, 1.54) is 6.42 Å². The predicted molar refractivity (Wildman–Crippen MR) is 77.5 cm³/mol. The van der Waals surface area contributed by atoms with Crippen molar-refractivity contribution in [2.45, 2.75) is 39.2 Å². The summed E-state index contributed by atoms with van der Waals surface area (Å²) in [6.45, 7) is 6.77. The number of rotatable bonds is 6. The molecule has 20 heavy (non-hydrogen) atoms. The molecule has 0 spiro atoms. The molecule has 0 N–H and O–H groups in total. The third-order valence-corrected chi connectivity index (χ3v) is 3.15. The van der Waals surface area contributed by atoms with Gasteiger partial charge in [0.05, 0.1) is 12.7 Å². The van der Waals surface area contributed by atoms with Crippen LogP contribution >= 0.6 is 11.6 Å². The van der Waals surface area contributed by atoms with E-state index >= 15 is 0 Å². The quantitative estimate of drug-likeness (QED) is 0.751. The van der Waals surface area contributed by atoms with E-state index in [9.17, 15) is 0 Å². The second kappa shape index (κ2) is 7.59. The van der Waals surface area contributed by atoms with Crippen molar-refractivity contribution in [3.8, 4) is 6.01 Å². The molecular formula is C13H21ClN4O2. The van der Waals surface area contributed by atoms with Gasteiger partial charge in [-0.25, -0.2) is 0 Å². The maximum atomic E-state index is 5.93. The van der Waals surface area contributed by atoms with Gasteiger partial charge in [0.15, 0.2) is 0 Å². The fraction of sp³-hybridized carbons (Fsp3) is 0.769. The Bertz CT molecular complexity index is 425. The predicted octanol–water partition coefficient (Wildman–Crippen LogP) is 2.32. The first-order chi connectivity index (χ1) is 9.65. The Morgan fingerprint density at radius 2 is 1.85 bits per heavy atom. The monoisotopic (exact) mass is 300 g/mol. The molecule has 7 heteroatoms. The van der Waals surface area contributed by atoms with Gasteiger partial charge in [0, 0.05) is 13.1 Å². The van der Waals surface area contributed by atoms with E-state index in [1.54, 1.807) is 0 Å². The Balaban J connectivity index is 1.93. The van der Waals surface area contributed by atoms with Gasteiger partial charge in [0.2, 0.25) is 11.2 Å². The Hall–Kier alpha value is -1.14. The Labute approximate surface area is 124 Å². The molecular weight excluding hydrogens is 280 g/mol. The van der Waals surface area contributed by atoms with E-state index < -0.39 is 0 Å². The molecule has 2 heterocycles. The molecule has 1 aromatic heterocycles. The van der Waals surface area contributed by atoms with Crippen LogP contribution in [0.5, 0.6) is 6.01 Å². The number of nitrogens with zero attached hydrogens (tertiary/aromatic N) is 4. The van der Waals surface area contributed by atoms with Crippen molar-refractivity contribution in [2.75, 3.05) is 31.2 Å². The molecule has 6 nitrogen and oxygen atoms in total. The van der Waals surface area contributed by atoms with Gasteiger partial charge in [-0.2, -0.15) is 15.0 Å². The first-order valence-electron chi connectivity index (χ1n) is 7.06. The Morgan fingerprint density at radius 3 is 2.55 bits per heavy atom. The van der Waals surface area contributed by atoms with E-state index in [0.29, 0.717) is 19.2 Å². The molecule has 0 amide bonds. The summed E-state index contributed by atoms with van der Waals surface area (Å²) in [5, 5.41) is 0.167. The summed E-state index contributed by atoms with van der Waals surface area (Å²) in [5.74, 6) is 0.601. The average molecular weight is 301 g/mol. The lowest BCUT2D eigenvalue weighted by molar-refractivity contribution is 0.0531. The van der Waals surface area contributed by atoms with Crippen LogP contribution in [0.3, 0.4) is 0 Å². The van der Waals surface area contributed by atoms with E-state index in [4.69, 9.17) is 21.1 Å². The standard InChI is InChI=1S/C13H21ClN4O2/c1-10(2)19-8-9-20-13-16-11(14)15-12(17-13)18-6-4-3-5-7-18/h10H,3-9H2,1-2H3. The highest BCUT2D eigenvalue weighted by molar-refractivity contribution is 6.28. The molecule has 0 bridgehead atoms. The fourth-order valence-electron chi connectivity index (χ4n) is 2.04. The minimum absolute atomic E-state index is 0.167. The second-order valence-corrected chi connectivity index (χ2v) is 5.34. The van der Waals surface area contributed by atoms with E-state index in [-0.39, 0.29) is 17.4 Å². The number of anilines is 1. The van der Waals surface area contributed by atoms with Crippen LogP contribution in [0.2, 0.25) is 5.28 Å². The number of hydrogen-bond donors (Lipinski definition) is 0. The number of hydrogen-bond acceptors (Lipinski definition) is 6. The molecule has 2 rings (SSSR count). The third-order valence-electron chi connectivity index (χ3n) is 2.98. The van der Waals surface area contributed by atoms with Crippen molar-refractivity contribution >= 4 is 17.5 Å². The van der Waals surface area contributed by atoms with Crippen LogP contribution in [0.4, 0.5) is 5.95 Å². The molecule has 1 aromatic rings. The zero-order chi connectivity index (χ0) is 14.4. The highest BCUT2D eigenvalue weighted by Gasteiger charge is 2.16. The molecule has 1 aliphatic heterocycles. The molecule has 0 saturated carbocycles. The van der Waals surface area contributed by atoms with Crippen molar-refractivity contribution in [3.05, 3.63) is 5.28 Å². The third kappa shape index (κ3) is 4.76. The van der Waals surface area contributed by atoms with E-state index in [1.807, 2.05) is 13.8 Å². The Morgan fingerprint density at radius 1 is 1.10 bits per heavy atom. The van der Waals surface area contributed by atoms with Crippen molar-refractivity contribution in [2.24, 2.45) is 0 Å². The molecule has 112 valence electrons. The Kier molecular flexibility index (Phi) is 5.79. The lowest BCUT2D eigenvalue weighted by Crippen LogP contribution is -2.31. The second-order valence-electron chi connectivity index (χ2n) is 5.00. The van der Waals surface area contributed by atoms with Crippen LogP contribution in [0.1, 0.15) is 33.1 Å². The van der Waals surface area contributed by atoms with E-state index in [0.717, 1.165) is 25.9 Å². The summed E-state index contributed by atoms with van der Waals surface area (Å²) in [5.41, 5.74) is 0. The summed E-state index contributed by atoms with van der Waals surface area (Å²) < 4.78 is 10.9.